The molecular weight excluding hydrogens is 350 g/mol. The first-order valence-electron chi connectivity index (χ1n) is 10.8. The molecule has 1 aromatic carbocycles. The van der Waals surface area contributed by atoms with Crippen LogP contribution >= 0.6 is 0 Å². The maximum Gasteiger partial charge on any atom is 0.193 e. The number of guanidine groups is 1. The van der Waals surface area contributed by atoms with Crippen molar-refractivity contribution >= 4 is 12.0 Å². The zero-order valence-corrected chi connectivity index (χ0v) is 17.2. The van der Waals surface area contributed by atoms with E-state index in [1.807, 2.05) is 0 Å². The normalized spacial score (nSPS) is 19.0. The molecule has 0 spiro atoms. The summed E-state index contributed by atoms with van der Waals surface area (Å²) in [6.45, 7) is 8.37. The van der Waals surface area contributed by atoms with Crippen LogP contribution in [-0.2, 0) is 9.47 Å². The molecule has 0 amide bonds. The second kappa shape index (κ2) is 11.9. The van der Waals surface area contributed by atoms with Gasteiger partial charge in [0.25, 0.3) is 0 Å². The summed E-state index contributed by atoms with van der Waals surface area (Å²) < 4.78 is 11.3. The monoisotopic (exact) mass is 385 g/mol. The highest BCUT2D eigenvalue weighted by Crippen LogP contribution is 2.19. The van der Waals surface area contributed by atoms with Crippen molar-refractivity contribution in [1.82, 2.24) is 10.2 Å². The van der Waals surface area contributed by atoms with Crippen LogP contribution in [0.5, 0.6) is 0 Å². The topological polar surface area (TPSA) is 46.1 Å². The Kier molecular flexibility index (Phi) is 8.85. The lowest BCUT2D eigenvalue weighted by Gasteiger charge is -2.31. The van der Waals surface area contributed by atoms with Crippen molar-refractivity contribution in [2.75, 3.05) is 46.0 Å². The first-order chi connectivity index (χ1) is 13.8. The molecule has 0 saturated carbocycles. The van der Waals surface area contributed by atoms with Gasteiger partial charge >= 0.3 is 0 Å². The van der Waals surface area contributed by atoms with Gasteiger partial charge in [-0.2, -0.15) is 0 Å². The SMILES string of the molecule is CCNC(=NCCCOC1CCOCC1)N1CCC(=Cc2ccccc2)CC1. The molecule has 2 heterocycles. The summed E-state index contributed by atoms with van der Waals surface area (Å²) in [4.78, 5) is 7.23. The molecule has 2 aliphatic rings. The van der Waals surface area contributed by atoms with Gasteiger partial charge in [-0.3, -0.25) is 4.99 Å². The van der Waals surface area contributed by atoms with Crippen molar-refractivity contribution < 1.29 is 9.47 Å². The molecule has 1 aromatic rings. The Bertz CT molecular complexity index is 614. The fraction of sp³-hybridized carbons (Fsp3) is 0.609. The minimum Gasteiger partial charge on any atom is -0.381 e. The van der Waals surface area contributed by atoms with Crippen LogP contribution < -0.4 is 5.32 Å². The van der Waals surface area contributed by atoms with Gasteiger partial charge in [0.1, 0.15) is 0 Å². The minimum atomic E-state index is 0.378. The third-order valence-corrected chi connectivity index (χ3v) is 5.30. The van der Waals surface area contributed by atoms with Gasteiger partial charge in [-0.25, -0.2) is 0 Å². The molecule has 2 saturated heterocycles. The van der Waals surface area contributed by atoms with Gasteiger partial charge in [-0.15, -0.1) is 0 Å². The third kappa shape index (κ3) is 6.95. The number of hydrogen-bond acceptors (Lipinski definition) is 3. The van der Waals surface area contributed by atoms with Crippen LogP contribution in [0.2, 0.25) is 0 Å². The summed E-state index contributed by atoms with van der Waals surface area (Å²) >= 11 is 0. The summed E-state index contributed by atoms with van der Waals surface area (Å²) in [7, 11) is 0. The van der Waals surface area contributed by atoms with Crippen LogP contribution in [0.1, 0.15) is 44.6 Å². The van der Waals surface area contributed by atoms with E-state index in [-0.39, 0.29) is 0 Å². The van der Waals surface area contributed by atoms with Crippen molar-refractivity contribution in [3.63, 3.8) is 0 Å². The van der Waals surface area contributed by atoms with Crippen LogP contribution in [0, 0.1) is 0 Å². The highest BCUT2D eigenvalue weighted by molar-refractivity contribution is 5.80. The van der Waals surface area contributed by atoms with Crippen LogP contribution in [0.3, 0.4) is 0 Å². The molecule has 5 nitrogen and oxygen atoms in total. The van der Waals surface area contributed by atoms with Gasteiger partial charge in [-0.1, -0.05) is 42.0 Å². The first-order valence-corrected chi connectivity index (χ1v) is 10.8. The van der Waals surface area contributed by atoms with Crippen LogP contribution in [0.25, 0.3) is 6.08 Å². The van der Waals surface area contributed by atoms with Gasteiger partial charge < -0.3 is 19.7 Å². The summed E-state index contributed by atoms with van der Waals surface area (Å²) in [5.41, 5.74) is 2.83. The fourth-order valence-electron chi connectivity index (χ4n) is 3.70. The number of nitrogens with zero attached hydrogens (tertiary/aromatic N) is 2. The standard InChI is InChI=1S/C23H35N3O2/c1-2-24-23(25-13-6-16-28-22-11-17-27-18-12-22)26-14-9-21(10-15-26)19-20-7-4-3-5-8-20/h3-5,7-8,19,22H,2,6,9-18H2,1H3,(H,24,25). The smallest absolute Gasteiger partial charge is 0.193 e. The van der Waals surface area contributed by atoms with Crippen molar-refractivity contribution in [2.24, 2.45) is 4.99 Å². The van der Waals surface area contributed by atoms with Crippen molar-refractivity contribution in [3.8, 4) is 0 Å². The van der Waals surface area contributed by atoms with Gasteiger partial charge in [0.2, 0.25) is 0 Å². The lowest BCUT2D eigenvalue weighted by atomic mass is 10.0. The number of rotatable bonds is 7. The number of nitrogens with one attached hydrogen (secondary N) is 1. The number of benzene rings is 1. The van der Waals surface area contributed by atoms with E-state index in [9.17, 15) is 0 Å². The summed E-state index contributed by atoms with van der Waals surface area (Å²) in [5, 5.41) is 3.46. The van der Waals surface area contributed by atoms with E-state index in [4.69, 9.17) is 14.5 Å². The van der Waals surface area contributed by atoms with Gasteiger partial charge in [-0.05, 0) is 44.6 Å². The average Bonchev–Trinajstić information content (AvgIpc) is 2.75. The molecule has 0 aliphatic carbocycles. The van der Waals surface area contributed by atoms with E-state index in [2.05, 4.69) is 53.5 Å². The Balaban J connectivity index is 1.42. The van der Waals surface area contributed by atoms with Crippen molar-refractivity contribution in [3.05, 3.63) is 41.5 Å². The number of hydrogen-bond donors (Lipinski definition) is 1. The van der Waals surface area contributed by atoms with Gasteiger partial charge in [0.05, 0.1) is 6.10 Å². The number of aliphatic imine (C=N–C) groups is 1. The highest BCUT2D eigenvalue weighted by Gasteiger charge is 2.17. The maximum atomic E-state index is 5.95. The molecule has 5 heteroatoms. The molecule has 2 fully saturated rings. The van der Waals surface area contributed by atoms with Crippen LogP contribution in [-0.4, -0.2) is 63.0 Å². The Labute approximate surface area is 169 Å². The zero-order chi connectivity index (χ0) is 19.4. The second-order valence-corrected chi connectivity index (χ2v) is 7.47. The Hall–Kier alpha value is -1.85. The molecule has 3 rings (SSSR count). The van der Waals surface area contributed by atoms with Gasteiger partial charge in [0.15, 0.2) is 5.96 Å². The van der Waals surface area contributed by atoms with E-state index in [1.54, 1.807) is 0 Å². The highest BCUT2D eigenvalue weighted by atomic mass is 16.5. The molecule has 0 unspecified atom stereocenters. The number of piperidine rings is 1. The summed E-state index contributed by atoms with van der Waals surface area (Å²) in [6.07, 6.45) is 7.95. The summed E-state index contributed by atoms with van der Waals surface area (Å²) in [6, 6.07) is 10.6. The number of likely N-dealkylation sites (tertiary alicyclic amines) is 1. The maximum absolute atomic E-state index is 5.95. The molecule has 1 N–H and O–H groups in total. The molecule has 154 valence electrons. The van der Waals surface area contributed by atoms with E-state index >= 15 is 0 Å². The van der Waals surface area contributed by atoms with Crippen LogP contribution in [0.4, 0.5) is 0 Å². The molecule has 0 aromatic heterocycles. The molecule has 0 bridgehead atoms. The van der Waals surface area contributed by atoms with Crippen LogP contribution in [0.15, 0.2) is 40.9 Å². The molecule has 0 atom stereocenters. The third-order valence-electron chi connectivity index (χ3n) is 5.30. The first kappa shape index (κ1) is 20.9. The molecular formula is C23H35N3O2. The minimum absolute atomic E-state index is 0.378. The zero-order valence-electron chi connectivity index (χ0n) is 17.2. The van der Waals surface area contributed by atoms with E-state index in [0.717, 1.165) is 84.1 Å². The Morgan fingerprint density at radius 1 is 1.21 bits per heavy atom. The van der Waals surface area contributed by atoms with Gasteiger partial charge in [0, 0.05) is 46.0 Å². The molecule has 28 heavy (non-hydrogen) atoms. The van der Waals surface area contributed by atoms with E-state index in [1.165, 1.54) is 11.1 Å². The molecule has 2 aliphatic heterocycles. The lowest BCUT2D eigenvalue weighted by molar-refractivity contribution is -0.0318. The van der Waals surface area contributed by atoms with Crippen molar-refractivity contribution in [1.29, 1.82) is 0 Å². The lowest BCUT2D eigenvalue weighted by Crippen LogP contribution is -2.44. The number of ether oxygens (including phenoxy) is 2. The Morgan fingerprint density at radius 3 is 2.68 bits per heavy atom. The van der Waals surface area contributed by atoms with E-state index < -0.39 is 0 Å². The van der Waals surface area contributed by atoms with E-state index in [0.29, 0.717) is 6.10 Å². The summed E-state index contributed by atoms with van der Waals surface area (Å²) in [5.74, 6) is 1.05. The molecule has 0 radical (unpaired) electrons. The average molecular weight is 386 g/mol. The Morgan fingerprint density at radius 2 is 1.96 bits per heavy atom. The predicted molar refractivity (Wildman–Crippen MR) is 116 cm³/mol. The second-order valence-electron chi connectivity index (χ2n) is 7.47. The fourth-order valence-corrected chi connectivity index (χ4v) is 3.70. The van der Waals surface area contributed by atoms with Crippen molar-refractivity contribution in [2.45, 2.75) is 45.1 Å². The largest absolute Gasteiger partial charge is 0.381 e. The predicted octanol–water partition coefficient (Wildman–Crippen LogP) is 3.72. The quantitative estimate of drug-likeness (QED) is 0.441.